The van der Waals surface area contributed by atoms with Gasteiger partial charge >= 0.3 is 0 Å². The Kier molecular flexibility index (Phi) is 3.91. The first-order valence-electron chi connectivity index (χ1n) is 6.66. The Bertz CT molecular complexity index is 778. The third-order valence-corrected chi connectivity index (χ3v) is 3.14. The van der Waals surface area contributed by atoms with Crippen molar-refractivity contribution in [1.29, 1.82) is 0 Å². The van der Waals surface area contributed by atoms with Gasteiger partial charge in [-0.05, 0) is 18.2 Å². The second kappa shape index (κ2) is 6.17. The third-order valence-electron chi connectivity index (χ3n) is 3.14. The van der Waals surface area contributed by atoms with E-state index < -0.39 is 0 Å². The normalized spacial score (nSPS) is 10.3. The van der Waals surface area contributed by atoms with Gasteiger partial charge in [0, 0.05) is 6.07 Å². The van der Waals surface area contributed by atoms with E-state index >= 15 is 0 Å². The van der Waals surface area contributed by atoms with E-state index in [0.29, 0.717) is 22.9 Å². The number of hydrogen-bond donors (Lipinski definition) is 1. The molecule has 6 heteroatoms. The summed E-state index contributed by atoms with van der Waals surface area (Å²) in [5.41, 5.74) is 4.39. The van der Waals surface area contributed by atoms with Crippen LogP contribution in [0, 0.1) is 0 Å². The molecule has 0 saturated heterocycles. The number of hydrogen-bond acceptors (Lipinski definition) is 6. The number of para-hydroxylation sites is 1. The van der Waals surface area contributed by atoms with Gasteiger partial charge in [0.25, 0.3) is 5.88 Å². The van der Waals surface area contributed by atoms with Crippen LogP contribution in [0.2, 0.25) is 0 Å². The Balaban J connectivity index is 1.95. The molecule has 112 valence electrons. The van der Waals surface area contributed by atoms with Gasteiger partial charge in [-0.2, -0.15) is 4.98 Å². The first-order chi connectivity index (χ1) is 10.8. The van der Waals surface area contributed by atoms with Gasteiger partial charge in [0.2, 0.25) is 0 Å². The molecule has 1 aromatic heterocycles. The fourth-order valence-corrected chi connectivity index (χ4v) is 2.05. The lowest BCUT2D eigenvalue weighted by molar-refractivity contribution is 0.355. The average Bonchev–Trinajstić information content (AvgIpc) is 2.59. The molecule has 0 bridgehead atoms. The highest BCUT2D eigenvalue weighted by molar-refractivity contribution is 5.86. The minimum atomic E-state index is 0.412. The number of methoxy groups -OCH3 is 2. The molecule has 0 spiro atoms. The molecule has 0 unspecified atom stereocenters. The number of fused-ring (bicyclic) bond motifs is 1. The van der Waals surface area contributed by atoms with Gasteiger partial charge < -0.3 is 14.3 Å². The molecule has 0 aliphatic carbocycles. The van der Waals surface area contributed by atoms with Gasteiger partial charge in [-0.1, -0.05) is 18.2 Å². The van der Waals surface area contributed by atoms with Crippen LogP contribution in [-0.4, -0.2) is 24.2 Å². The highest BCUT2D eigenvalue weighted by Crippen LogP contribution is 2.34. The lowest BCUT2D eigenvalue weighted by Gasteiger charge is -2.12. The van der Waals surface area contributed by atoms with E-state index in [1.807, 2.05) is 30.3 Å². The highest BCUT2D eigenvalue weighted by atomic mass is 16.7. The monoisotopic (exact) mass is 297 g/mol. The van der Waals surface area contributed by atoms with E-state index in [-0.39, 0.29) is 0 Å². The molecule has 6 nitrogen and oxygen atoms in total. The molecular formula is C16H15N3O3. The lowest BCUT2D eigenvalue weighted by atomic mass is 10.2. The summed E-state index contributed by atoms with van der Waals surface area (Å²) in [6, 6.07) is 13.1. The van der Waals surface area contributed by atoms with Crippen molar-refractivity contribution in [2.45, 2.75) is 0 Å². The minimum Gasteiger partial charge on any atom is -0.493 e. The first kappa shape index (κ1) is 13.9. The zero-order valence-electron chi connectivity index (χ0n) is 12.2. The Hall–Kier alpha value is -3.02. The molecule has 0 aliphatic heterocycles. The molecule has 1 heterocycles. The van der Waals surface area contributed by atoms with Crippen LogP contribution in [0.4, 0.5) is 5.69 Å². The summed E-state index contributed by atoms with van der Waals surface area (Å²) in [7, 11) is 3.16. The van der Waals surface area contributed by atoms with Crippen LogP contribution in [0.3, 0.4) is 0 Å². The molecule has 0 saturated carbocycles. The summed E-state index contributed by atoms with van der Waals surface area (Å²) in [5, 5.41) is 0.726. The number of ether oxygens (including phenoxy) is 2. The highest BCUT2D eigenvalue weighted by Gasteiger charge is 2.12. The van der Waals surface area contributed by atoms with E-state index in [2.05, 4.69) is 15.4 Å². The third kappa shape index (κ3) is 2.71. The second-order valence-corrected chi connectivity index (χ2v) is 4.47. The maximum atomic E-state index is 5.58. The summed E-state index contributed by atoms with van der Waals surface area (Å²) >= 11 is 0. The summed E-state index contributed by atoms with van der Waals surface area (Å²) < 4.78 is 10.6. The van der Waals surface area contributed by atoms with E-state index in [9.17, 15) is 0 Å². The Morgan fingerprint density at radius 2 is 1.64 bits per heavy atom. The number of aromatic nitrogens is 2. The molecule has 2 aromatic carbocycles. The molecule has 3 rings (SSSR count). The van der Waals surface area contributed by atoms with Crippen LogP contribution in [-0.2, 0) is 0 Å². The predicted molar refractivity (Wildman–Crippen MR) is 83.3 cm³/mol. The Morgan fingerprint density at radius 1 is 0.909 bits per heavy atom. The maximum absolute atomic E-state index is 5.58. The second-order valence-electron chi connectivity index (χ2n) is 4.47. The quantitative estimate of drug-likeness (QED) is 0.730. The molecule has 22 heavy (non-hydrogen) atoms. The van der Waals surface area contributed by atoms with Crippen LogP contribution >= 0.6 is 0 Å². The van der Waals surface area contributed by atoms with Crippen molar-refractivity contribution in [2.24, 2.45) is 0 Å². The van der Waals surface area contributed by atoms with Gasteiger partial charge in [0.1, 0.15) is 6.33 Å². The van der Waals surface area contributed by atoms with Crippen LogP contribution in [0.25, 0.3) is 10.9 Å². The minimum absolute atomic E-state index is 0.412. The number of anilines is 1. The van der Waals surface area contributed by atoms with E-state index in [4.69, 9.17) is 14.3 Å². The average molecular weight is 297 g/mol. The van der Waals surface area contributed by atoms with Crippen molar-refractivity contribution in [3.8, 4) is 17.4 Å². The zero-order chi connectivity index (χ0) is 15.4. The van der Waals surface area contributed by atoms with Crippen LogP contribution < -0.4 is 19.8 Å². The Labute approximate surface area is 127 Å². The van der Waals surface area contributed by atoms with Crippen molar-refractivity contribution in [3.63, 3.8) is 0 Å². The maximum Gasteiger partial charge on any atom is 0.256 e. The van der Waals surface area contributed by atoms with Crippen LogP contribution in [0.5, 0.6) is 17.4 Å². The van der Waals surface area contributed by atoms with E-state index in [1.54, 1.807) is 26.4 Å². The van der Waals surface area contributed by atoms with Gasteiger partial charge in [0.15, 0.2) is 11.5 Å². The van der Waals surface area contributed by atoms with Gasteiger partial charge in [0.05, 0.1) is 30.8 Å². The molecule has 0 amide bonds. The zero-order valence-corrected chi connectivity index (χ0v) is 12.2. The van der Waals surface area contributed by atoms with Crippen LogP contribution in [0.1, 0.15) is 0 Å². The standard InChI is InChI=1S/C16H15N3O3/c1-20-14-8-12-13(9-15(14)21-2)17-10-18-16(12)22-19-11-6-4-3-5-7-11/h3-10,19H,1-2H3. The van der Waals surface area contributed by atoms with E-state index in [0.717, 1.165) is 11.1 Å². The molecule has 0 atom stereocenters. The van der Waals surface area contributed by atoms with Gasteiger partial charge in [-0.3, -0.25) is 0 Å². The number of rotatable bonds is 5. The van der Waals surface area contributed by atoms with Crippen molar-refractivity contribution >= 4 is 16.6 Å². The predicted octanol–water partition coefficient (Wildman–Crippen LogP) is 3.05. The van der Waals surface area contributed by atoms with Crippen LogP contribution in [0.15, 0.2) is 48.8 Å². The number of nitrogens with zero attached hydrogens (tertiary/aromatic N) is 2. The van der Waals surface area contributed by atoms with Crippen molar-refractivity contribution in [3.05, 3.63) is 48.8 Å². The molecule has 3 aromatic rings. The molecule has 0 radical (unpaired) electrons. The lowest BCUT2D eigenvalue weighted by Crippen LogP contribution is -2.06. The van der Waals surface area contributed by atoms with Crippen molar-refractivity contribution in [2.75, 3.05) is 19.7 Å². The summed E-state index contributed by atoms with van der Waals surface area (Å²) in [6.07, 6.45) is 1.44. The van der Waals surface area contributed by atoms with Gasteiger partial charge in [-0.15, -0.1) is 0 Å². The topological polar surface area (TPSA) is 65.5 Å². The number of nitrogens with one attached hydrogen (secondary N) is 1. The number of benzene rings is 2. The fourth-order valence-electron chi connectivity index (χ4n) is 2.05. The van der Waals surface area contributed by atoms with Gasteiger partial charge in [-0.25, -0.2) is 10.5 Å². The smallest absolute Gasteiger partial charge is 0.256 e. The Morgan fingerprint density at radius 3 is 2.36 bits per heavy atom. The molecule has 0 aliphatic rings. The fraction of sp³-hybridized carbons (Fsp3) is 0.125. The summed E-state index contributed by atoms with van der Waals surface area (Å²) in [4.78, 5) is 14.0. The first-order valence-corrected chi connectivity index (χ1v) is 6.66. The van der Waals surface area contributed by atoms with Crippen molar-refractivity contribution in [1.82, 2.24) is 9.97 Å². The van der Waals surface area contributed by atoms with E-state index in [1.165, 1.54) is 6.33 Å². The molecular weight excluding hydrogens is 282 g/mol. The summed E-state index contributed by atoms with van der Waals surface area (Å²) in [6.45, 7) is 0. The molecule has 0 fully saturated rings. The summed E-state index contributed by atoms with van der Waals surface area (Å²) in [5.74, 6) is 1.61. The molecule has 1 N–H and O–H groups in total. The van der Waals surface area contributed by atoms with Crippen molar-refractivity contribution < 1.29 is 14.3 Å². The SMILES string of the molecule is COc1cc2ncnc(ONc3ccccc3)c2cc1OC. The largest absolute Gasteiger partial charge is 0.493 e.